The second-order valence-electron chi connectivity index (χ2n) is 14.9. The molecule has 0 bridgehead atoms. The number of benzene rings is 8. The monoisotopic (exact) mass is 742 g/mol. The van der Waals surface area contributed by atoms with Crippen molar-refractivity contribution in [1.82, 2.24) is 19.1 Å². The Labute approximate surface area is 331 Å². The summed E-state index contributed by atoms with van der Waals surface area (Å²) in [6.45, 7) is 0. The topological polar surface area (TPSA) is 35.6 Å². The minimum atomic E-state index is 0.669. The first-order chi connectivity index (χ1) is 28.3. The van der Waals surface area contributed by atoms with Gasteiger partial charge in [-0.1, -0.05) is 152 Å². The molecule has 264 valence electrons. The van der Waals surface area contributed by atoms with Crippen LogP contribution in [-0.4, -0.2) is 19.1 Å². The number of aromatic nitrogens is 4. The van der Waals surface area contributed by atoms with Crippen molar-refractivity contribution in [2.75, 3.05) is 0 Å². The summed E-state index contributed by atoms with van der Waals surface area (Å²) in [5.74, 6) is 0.669. The molecule has 0 saturated heterocycles. The predicted molar refractivity (Wildman–Crippen MR) is 239 cm³/mol. The lowest BCUT2D eigenvalue weighted by atomic mass is 9.91. The Kier molecular flexibility index (Phi) is 6.29. The Hall–Kier alpha value is -7.34. The summed E-state index contributed by atoms with van der Waals surface area (Å²) in [6.07, 6.45) is 0. The summed E-state index contributed by atoms with van der Waals surface area (Å²) >= 11 is 1.74. The van der Waals surface area contributed by atoms with Crippen molar-refractivity contribution in [3.05, 3.63) is 182 Å². The summed E-state index contributed by atoms with van der Waals surface area (Å²) in [5.41, 5.74) is 15.1. The fraction of sp³-hybridized carbons (Fsp3) is 0. The van der Waals surface area contributed by atoms with Crippen molar-refractivity contribution in [2.24, 2.45) is 0 Å². The first-order valence-electron chi connectivity index (χ1n) is 19.3. The van der Waals surface area contributed by atoms with E-state index in [0.717, 1.165) is 32.5 Å². The van der Waals surface area contributed by atoms with Gasteiger partial charge in [-0.3, -0.25) is 4.57 Å². The maximum Gasteiger partial charge on any atom is 0.236 e. The highest BCUT2D eigenvalue weighted by molar-refractivity contribution is 7.25. The molecule has 0 saturated carbocycles. The average molecular weight is 743 g/mol. The van der Waals surface area contributed by atoms with Gasteiger partial charge in [0.2, 0.25) is 5.95 Å². The molecule has 0 spiro atoms. The third-order valence-electron chi connectivity index (χ3n) is 11.9. The Morgan fingerprint density at radius 2 is 1.02 bits per heavy atom. The summed E-state index contributed by atoms with van der Waals surface area (Å²) in [6, 6.07) is 65.8. The maximum atomic E-state index is 5.60. The molecule has 4 nitrogen and oxygen atoms in total. The molecule has 0 N–H and O–H groups in total. The first kappa shape index (κ1) is 30.9. The molecule has 57 heavy (non-hydrogen) atoms. The minimum absolute atomic E-state index is 0.669. The second-order valence-corrected chi connectivity index (χ2v) is 15.9. The lowest BCUT2D eigenvalue weighted by Gasteiger charge is -2.13. The van der Waals surface area contributed by atoms with Crippen molar-refractivity contribution in [3.63, 3.8) is 0 Å². The van der Waals surface area contributed by atoms with Crippen LogP contribution in [0.15, 0.2) is 182 Å². The van der Waals surface area contributed by atoms with E-state index in [0.29, 0.717) is 5.95 Å². The van der Waals surface area contributed by atoms with Gasteiger partial charge in [-0.2, -0.15) is 0 Å². The molecule has 5 heterocycles. The van der Waals surface area contributed by atoms with Crippen LogP contribution in [0.5, 0.6) is 0 Å². The average Bonchev–Trinajstić information content (AvgIpc) is 3.90. The van der Waals surface area contributed by atoms with Crippen LogP contribution in [0.2, 0.25) is 0 Å². The molecule has 12 aromatic rings. The molecule has 0 atom stereocenters. The van der Waals surface area contributed by atoms with Crippen molar-refractivity contribution in [3.8, 4) is 56.3 Å². The quantitative estimate of drug-likeness (QED) is 0.181. The molecule has 0 aliphatic carbocycles. The zero-order valence-corrected chi connectivity index (χ0v) is 31.3. The van der Waals surface area contributed by atoms with Gasteiger partial charge in [0.05, 0.1) is 33.4 Å². The highest BCUT2D eigenvalue weighted by Gasteiger charge is 2.29. The van der Waals surface area contributed by atoms with Crippen LogP contribution in [-0.2, 0) is 0 Å². The van der Waals surface area contributed by atoms with E-state index in [-0.39, 0.29) is 0 Å². The van der Waals surface area contributed by atoms with E-state index in [2.05, 4.69) is 191 Å². The molecule has 1 aliphatic rings. The first-order valence-corrected chi connectivity index (χ1v) is 20.2. The standard InChI is InChI=1S/C52H30N4S/c1-2-14-31(15-3-1)32-26-28-33(29-27-32)49-48-39-21-9-13-25-45(39)57-51(48)54-52(53-49)56-43-24-12-8-20-38(43)46-44(56)30-40-36-18-7-11-23-42(36)55-41-22-10-6-17-35(41)34-16-4-5-19-37(34)47(46)50(40)55/h1-30H. The van der Waals surface area contributed by atoms with E-state index >= 15 is 0 Å². The molecular weight excluding hydrogens is 713 g/mol. The zero-order valence-electron chi connectivity index (χ0n) is 30.5. The lowest BCUT2D eigenvalue weighted by molar-refractivity contribution is 1.02. The van der Waals surface area contributed by atoms with Crippen molar-refractivity contribution in [2.45, 2.75) is 0 Å². The van der Waals surface area contributed by atoms with E-state index in [1.54, 1.807) is 11.3 Å². The summed E-state index contributed by atoms with van der Waals surface area (Å²) < 4.78 is 6.02. The van der Waals surface area contributed by atoms with Gasteiger partial charge in [-0.05, 0) is 52.6 Å². The molecule has 8 aromatic carbocycles. The van der Waals surface area contributed by atoms with Crippen molar-refractivity contribution in [1.29, 1.82) is 0 Å². The van der Waals surface area contributed by atoms with Gasteiger partial charge in [0.15, 0.2) is 0 Å². The molecule has 0 radical (unpaired) electrons. The Bertz CT molecular complexity index is 3630. The number of hydrogen-bond donors (Lipinski definition) is 0. The van der Waals surface area contributed by atoms with Gasteiger partial charge in [-0.15, -0.1) is 11.3 Å². The van der Waals surface area contributed by atoms with E-state index in [1.165, 1.54) is 81.7 Å². The van der Waals surface area contributed by atoms with E-state index in [1.807, 2.05) is 0 Å². The Morgan fingerprint density at radius 1 is 0.404 bits per heavy atom. The molecule has 0 fully saturated rings. The fourth-order valence-corrected chi connectivity index (χ4v) is 10.6. The second kappa shape index (κ2) is 11.6. The number of rotatable bonds is 3. The fourth-order valence-electron chi connectivity index (χ4n) is 9.50. The molecule has 0 amide bonds. The van der Waals surface area contributed by atoms with Gasteiger partial charge in [0, 0.05) is 53.7 Å². The highest BCUT2D eigenvalue weighted by atomic mass is 32.1. The number of thiophene rings is 1. The van der Waals surface area contributed by atoms with Crippen LogP contribution in [0.25, 0.3) is 120 Å². The van der Waals surface area contributed by atoms with E-state index in [9.17, 15) is 0 Å². The molecule has 0 unspecified atom stereocenters. The van der Waals surface area contributed by atoms with Gasteiger partial charge in [0.25, 0.3) is 0 Å². The van der Waals surface area contributed by atoms with Crippen LogP contribution in [0, 0.1) is 0 Å². The van der Waals surface area contributed by atoms with Crippen molar-refractivity contribution >= 4 is 75.3 Å². The molecular formula is C52H30N4S. The van der Waals surface area contributed by atoms with E-state index < -0.39 is 0 Å². The van der Waals surface area contributed by atoms with Crippen LogP contribution in [0.1, 0.15) is 0 Å². The molecule has 1 aliphatic heterocycles. The molecule has 13 rings (SSSR count). The van der Waals surface area contributed by atoms with E-state index in [4.69, 9.17) is 9.97 Å². The number of fused-ring (bicyclic) bond motifs is 15. The number of nitrogens with zero attached hydrogens (tertiary/aromatic N) is 4. The van der Waals surface area contributed by atoms with Crippen LogP contribution < -0.4 is 0 Å². The maximum absolute atomic E-state index is 5.60. The smallest absolute Gasteiger partial charge is 0.236 e. The van der Waals surface area contributed by atoms with Crippen LogP contribution >= 0.6 is 11.3 Å². The molecule has 5 heteroatoms. The summed E-state index contributed by atoms with van der Waals surface area (Å²) in [7, 11) is 0. The summed E-state index contributed by atoms with van der Waals surface area (Å²) in [5, 5.41) is 7.09. The third kappa shape index (κ3) is 4.26. The zero-order chi connectivity index (χ0) is 37.2. The van der Waals surface area contributed by atoms with Gasteiger partial charge >= 0.3 is 0 Å². The predicted octanol–water partition coefficient (Wildman–Crippen LogP) is 14.0. The summed E-state index contributed by atoms with van der Waals surface area (Å²) in [4.78, 5) is 12.1. The van der Waals surface area contributed by atoms with Crippen molar-refractivity contribution < 1.29 is 0 Å². The van der Waals surface area contributed by atoms with Gasteiger partial charge in [-0.25, -0.2) is 9.97 Å². The Morgan fingerprint density at radius 3 is 1.84 bits per heavy atom. The van der Waals surface area contributed by atoms with Crippen LogP contribution in [0.4, 0.5) is 0 Å². The van der Waals surface area contributed by atoms with Gasteiger partial charge in [0.1, 0.15) is 4.83 Å². The SMILES string of the molecule is c1ccc(-c2ccc(-c3nc(-n4c5ccccc5c5c6c7c(cc54)c4ccccc4n7-c4ccccc4-c4ccccc4-6)nc4sc5ccccc5c34)cc2)cc1. The lowest BCUT2D eigenvalue weighted by Crippen LogP contribution is -2.03. The minimum Gasteiger partial charge on any atom is -0.308 e. The molecule has 4 aromatic heterocycles. The van der Waals surface area contributed by atoms with Crippen LogP contribution in [0.3, 0.4) is 0 Å². The largest absolute Gasteiger partial charge is 0.308 e. The Balaban J connectivity index is 1.18. The highest BCUT2D eigenvalue weighted by Crippen LogP contribution is 2.52. The van der Waals surface area contributed by atoms with Gasteiger partial charge < -0.3 is 4.57 Å². The third-order valence-corrected chi connectivity index (χ3v) is 13.0. The number of para-hydroxylation sites is 3. The number of hydrogen-bond acceptors (Lipinski definition) is 3. The normalized spacial score (nSPS) is 12.2.